The molecule has 0 fully saturated rings. The van der Waals surface area contributed by atoms with Crippen molar-refractivity contribution in [2.45, 2.75) is 20.3 Å². The average molecular weight is 422 g/mol. The quantitative estimate of drug-likeness (QED) is 0.379. The number of benzene rings is 2. The number of carbonyl (C=O) groups excluding carboxylic acids is 1. The molecule has 2 aromatic rings. The minimum atomic E-state index is -0.991. The first-order chi connectivity index (χ1) is 12.9. The maximum absolute atomic E-state index is 11.4. The van der Waals surface area contributed by atoms with Crippen molar-refractivity contribution in [3.8, 4) is 11.5 Å². The van der Waals surface area contributed by atoms with E-state index in [1.54, 1.807) is 50.5 Å². The SMILES string of the molecule is CC(C)C(=O)[O-].[Mn+3].[O-]c1ccccc1C=NCCCN=Cc1ccccc1[O-]. The summed E-state index contributed by atoms with van der Waals surface area (Å²) in [7, 11) is 0. The smallest absolute Gasteiger partial charge is 0.872 e. The van der Waals surface area contributed by atoms with Gasteiger partial charge in [-0.15, -0.1) is 11.5 Å². The summed E-state index contributed by atoms with van der Waals surface area (Å²) in [5, 5.41) is 32.4. The number of carboxylic acid groups (broad SMARTS) is 1. The molecule has 6 nitrogen and oxygen atoms in total. The topological polar surface area (TPSA) is 111 Å². The van der Waals surface area contributed by atoms with E-state index >= 15 is 0 Å². The molecule has 28 heavy (non-hydrogen) atoms. The molecule has 0 atom stereocenters. The largest absolute Gasteiger partial charge is 3.00 e. The van der Waals surface area contributed by atoms with Gasteiger partial charge in [0.05, 0.1) is 0 Å². The van der Waals surface area contributed by atoms with Crippen molar-refractivity contribution in [3.63, 3.8) is 0 Å². The van der Waals surface area contributed by atoms with Gasteiger partial charge in [-0.05, 0) is 23.5 Å². The summed E-state index contributed by atoms with van der Waals surface area (Å²) in [4.78, 5) is 18.0. The Labute approximate surface area is 176 Å². The van der Waals surface area contributed by atoms with Crippen molar-refractivity contribution in [3.05, 3.63) is 59.7 Å². The van der Waals surface area contributed by atoms with Crippen LogP contribution in [-0.2, 0) is 21.9 Å². The first-order valence-electron chi connectivity index (χ1n) is 8.64. The molecule has 0 aromatic heterocycles. The van der Waals surface area contributed by atoms with E-state index in [4.69, 9.17) is 0 Å². The minimum absolute atomic E-state index is 0. The van der Waals surface area contributed by atoms with Gasteiger partial charge in [-0.2, -0.15) is 0 Å². The van der Waals surface area contributed by atoms with Crippen LogP contribution >= 0.6 is 0 Å². The fourth-order valence-corrected chi connectivity index (χ4v) is 1.75. The fourth-order valence-electron chi connectivity index (χ4n) is 1.75. The molecule has 0 saturated carbocycles. The molecule has 0 radical (unpaired) electrons. The Kier molecular flexibility index (Phi) is 13.1. The van der Waals surface area contributed by atoms with Crippen LogP contribution in [0.4, 0.5) is 0 Å². The maximum atomic E-state index is 11.4. The van der Waals surface area contributed by atoms with Crippen LogP contribution < -0.4 is 15.3 Å². The number of aliphatic imine (C=N–C) groups is 2. The van der Waals surface area contributed by atoms with E-state index < -0.39 is 5.97 Å². The van der Waals surface area contributed by atoms with Crippen LogP contribution in [0.1, 0.15) is 31.4 Å². The first-order valence-corrected chi connectivity index (χ1v) is 8.64. The van der Waals surface area contributed by atoms with E-state index in [1.165, 1.54) is 12.1 Å². The van der Waals surface area contributed by atoms with Crippen LogP contribution in [0.5, 0.6) is 11.5 Å². The molecule has 0 unspecified atom stereocenters. The molecule has 148 valence electrons. The van der Waals surface area contributed by atoms with Crippen LogP contribution in [0.15, 0.2) is 58.5 Å². The van der Waals surface area contributed by atoms with Crippen molar-refractivity contribution in [1.82, 2.24) is 0 Å². The van der Waals surface area contributed by atoms with E-state index in [9.17, 15) is 20.1 Å². The number of carboxylic acids is 1. The predicted octanol–water partition coefficient (Wildman–Crippen LogP) is 1.15. The molecule has 0 aliphatic rings. The molecule has 0 N–H and O–H groups in total. The van der Waals surface area contributed by atoms with Crippen molar-refractivity contribution in [2.75, 3.05) is 13.1 Å². The second-order valence-corrected chi connectivity index (χ2v) is 5.97. The molecule has 0 spiro atoms. The predicted molar refractivity (Wildman–Crippen MR) is 101 cm³/mol. The van der Waals surface area contributed by atoms with E-state index in [1.807, 2.05) is 12.1 Å². The third-order valence-electron chi connectivity index (χ3n) is 3.34. The number of rotatable bonds is 7. The van der Waals surface area contributed by atoms with Gasteiger partial charge in [-0.25, -0.2) is 0 Å². The Morgan fingerprint density at radius 2 is 1.25 bits per heavy atom. The Morgan fingerprint density at radius 3 is 1.57 bits per heavy atom. The zero-order chi connectivity index (χ0) is 20.1. The van der Waals surface area contributed by atoms with E-state index in [-0.39, 0.29) is 34.5 Å². The molecule has 0 aliphatic carbocycles. The first kappa shape index (κ1) is 25.4. The van der Waals surface area contributed by atoms with Gasteiger partial charge < -0.3 is 20.1 Å². The summed E-state index contributed by atoms with van der Waals surface area (Å²) in [6.45, 7) is 4.36. The zero-order valence-electron chi connectivity index (χ0n) is 15.9. The Bertz CT molecular complexity index is 721. The summed E-state index contributed by atoms with van der Waals surface area (Å²) in [6.07, 6.45) is 3.97. The monoisotopic (exact) mass is 422 g/mol. The minimum Gasteiger partial charge on any atom is -0.872 e. The molecular formula is C21H23MnN2O4. The molecule has 0 bridgehead atoms. The molecule has 0 amide bonds. The molecule has 7 heteroatoms. The molecular weight excluding hydrogens is 399 g/mol. The molecule has 0 heterocycles. The van der Waals surface area contributed by atoms with Crippen molar-refractivity contribution < 1.29 is 37.2 Å². The Hall–Kier alpha value is -2.63. The van der Waals surface area contributed by atoms with E-state index in [0.717, 1.165) is 6.42 Å². The normalized spacial score (nSPS) is 10.5. The Morgan fingerprint density at radius 1 is 0.893 bits per heavy atom. The van der Waals surface area contributed by atoms with Crippen LogP contribution in [0, 0.1) is 5.92 Å². The number of hydrogen-bond donors (Lipinski definition) is 0. The number of para-hydroxylation sites is 2. The third kappa shape index (κ3) is 10.5. The summed E-state index contributed by atoms with van der Waals surface area (Å²) in [5.41, 5.74) is 1.20. The number of aliphatic carboxylic acids is 1. The summed E-state index contributed by atoms with van der Waals surface area (Å²) >= 11 is 0. The van der Waals surface area contributed by atoms with Gasteiger partial charge in [-0.3, -0.25) is 9.98 Å². The summed E-state index contributed by atoms with van der Waals surface area (Å²) < 4.78 is 0. The van der Waals surface area contributed by atoms with Gasteiger partial charge in [0.1, 0.15) is 0 Å². The second kappa shape index (κ2) is 14.4. The summed E-state index contributed by atoms with van der Waals surface area (Å²) in [5.74, 6) is -1.38. The van der Waals surface area contributed by atoms with E-state index in [0.29, 0.717) is 24.2 Å². The standard InChI is InChI=1S/C17H18N2O2.C4H8O2.Mn/c20-16-8-3-1-6-14(16)12-18-10-5-11-19-13-15-7-2-4-9-17(15)21;1-3(2)4(5)6;/h1-4,6-9,12-13,20-21H,5,10-11H2;3H,1-2H3,(H,5,6);/q;;+3/p-3. The van der Waals surface area contributed by atoms with Gasteiger partial charge in [0.2, 0.25) is 0 Å². The van der Waals surface area contributed by atoms with Gasteiger partial charge in [0.25, 0.3) is 0 Å². The number of hydrogen-bond acceptors (Lipinski definition) is 6. The van der Waals surface area contributed by atoms with Gasteiger partial charge in [0.15, 0.2) is 0 Å². The molecule has 2 aromatic carbocycles. The van der Waals surface area contributed by atoms with Gasteiger partial charge >= 0.3 is 17.1 Å². The van der Waals surface area contributed by atoms with Crippen LogP contribution in [-0.4, -0.2) is 31.5 Å². The van der Waals surface area contributed by atoms with Gasteiger partial charge in [-0.1, -0.05) is 62.4 Å². The zero-order valence-corrected chi connectivity index (χ0v) is 17.1. The molecule has 0 aliphatic heterocycles. The van der Waals surface area contributed by atoms with Gasteiger partial charge in [0, 0.05) is 31.5 Å². The van der Waals surface area contributed by atoms with E-state index in [2.05, 4.69) is 9.98 Å². The maximum Gasteiger partial charge on any atom is 3.00 e. The van der Waals surface area contributed by atoms with Crippen molar-refractivity contribution >= 4 is 18.4 Å². The summed E-state index contributed by atoms with van der Waals surface area (Å²) in [6, 6.07) is 13.6. The Balaban J connectivity index is 0.000000910. The van der Waals surface area contributed by atoms with Crippen LogP contribution in [0.2, 0.25) is 0 Å². The molecule has 0 saturated heterocycles. The van der Waals surface area contributed by atoms with Crippen LogP contribution in [0.25, 0.3) is 0 Å². The number of carbonyl (C=O) groups is 1. The molecule has 2 rings (SSSR count). The van der Waals surface area contributed by atoms with Crippen molar-refractivity contribution in [2.24, 2.45) is 15.9 Å². The fraction of sp³-hybridized carbons (Fsp3) is 0.286. The third-order valence-corrected chi connectivity index (χ3v) is 3.34. The average Bonchev–Trinajstić information content (AvgIpc) is 2.64. The number of nitrogens with zero attached hydrogens (tertiary/aromatic N) is 2. The van der Waals surface area contributed by atoms with Crippen molar-refractivity contribution in [1.29, 1.82) is 0 Å². The van der Waals surface area contributed by atoms with Crippen LogP contribution in [0.3, 0.4) is 0 Å². The second-order valence-electron chi connectivity index (χ2n) is 5.97.